The maximum atomic E-state index is 12.5. The number of ether oxygens (including phenoxy) is 1. The predicted molar refractivity (Wildman–Crippen MR) is 87.4 cm³/mol. The average Bonchev–Trinajstić information content (AvgIpc) is 2.98. The van der Waals surface area contributed by atoms with E-state index in [-0.39, 0.29) is 30.8 Å². The van der Waals surface area contributed by atoms with Crippen molar-refractivity contribution in [3.63, 3.8) is 0 Å². The third-order valence-corrected chi connectivity index (χ3v) is 3.91. The number of amides is 1. The molecular formula is C17H19N3O4. The van der Waals surface area contributed by atoms with Gasteiger partial charge in [0, 0.05) is 24.4 Å². The average molecular weight is 329 g/mol. The standard InChI is InChI=1S/C17H19N3O4/c1-10-6-13-16(14(22)7-10)12(9-18-13)17(23)20-11-2-3-15(19-8-11)24-5-4-21/h2-3,8-10,18,21H,4-7H2,1H3,(H,20,23). The minimum Gasteiger partial charge on any atom is -0.475 e. The van der Waals surface area contributed by atoms with Crippen LogP contribution in [0.15, 0.2) is 24.5 Å². The van der Waals surface area contributed by atoms with E-state index in [1.54, 1.807) is 18.3 Å². The zero-order valence-electron chi connectivity index (χ0n) is 13.3. The molecule has 0 saturated heterocycles. The van der Waals surface area contributed by atoms with Crippen LogP contribution in [-0.2, 0) is 6.42 Å². The number of fused-ring (bicyclic) bond motifs is 1. The number of carbonyl (C=O) groups is 2. The number of anilines is 1. The Balaban J connectivity index is 1.73. The quantitative estimate of drug-likeness (QED) is 0.776. The highest BCUT2D eigenvalue weighted by Crippen LogP contribution is 2.28. The second kappa shape index (κ2) is 6.84. The van der Waals surface area contributed by atoms with Crippen LogP contribution in [0.25, 0.3) is 0 Å². The van der Waals surface area contributed by atoms with Gasteiger partial charge in [-0.05, 0) is 18.4 Å². The summed E-state index contributed by atoms with van der Waals surface area (Å²) in [5, 5.41) is 11.4. The van der Waals surface area contributed by atoms with Crippen LogP contribution in [0.1, 0.15) is 39.8 Å². The van der Waals surface area contributed by atoms with Crippen molar-refractivity contribution in [2.45, 2.75) is 19.8 Å². The highest BCUT2D eigenvalue weighted by molar-refractivity contribution is 6.13. The molecule has 2 aromatic rings. The molecule has 7 heteroatoms. The molecule has 0 fully saturated rings. The Labute approximate surface area is 139 Å². The lowest BCUT2D eigenvalue weighted by molar-refractivity contribution is 0.0940. The molecular weight excluding hydrogens is 310 g/mol. The summed E-state index contributed by atoms with van der Waals surface area (Å²) in [4.78, 5) is 31.8. The Morgan fingerprint density at radius 2 is 2.29 bits per heavy atom. The number of ketones is 1. The van der Waals surface area contributed by atoms with Crippen molar-refractivity contribution in [2.75, 3.05) is 18.5 Å². The molecule has 1 atom stereocenters. The molecule has 1 aliphatic carbocycles. The van der Waals surface area contributed by atoms with Gasteiger partial charge in [-0.3, -0.25) is 9.59 Å². The zero-order valence-corrected chi connectivity index (χ0v) is 13.3. The second-order valence-electron chi connectivity index (χ2n) is 5.90. The van der Waals surface area contributed by atoms with Gasteiger partial charge < -0.3 is 20.1 Å². The van der Waals surface area contributed by atoms with Gasteiger partial charge in [0.1, 0.15) is 6.61 Å². The number of H-pyrrole nitrogens is 1. The third kappa shape index (κ3) is 3.30. The fourth-order valence-corrected chi connectivity index (χ4v) is 2.85. The molecule has 24 heavy (non-hydrogen) atoms. The Hall–Kier alpha value is -2.67. The summed E-state index contributed by atoms with van der Waals surface area (Å²) in [6, 6.07) is 3.26. The molecule has 2 heterocycles. The molecule has 0 spiro atoms. The molecule has 0 aromatic carbocycles. The van der Waals surface area contributed by atoms with Crippen LogP contribution in [0, 0.1) is 5.92 Å². The van der Waals surface area contributed by atoms with Crippen LogP contribution in [0.4, 0.5) is 5.69 Å². The summed E-state index contributed by atoms with van der Waals surface area (Å²) in [6.45, 7) is 2.09. The lowest BCUT2D eigenvalue weighted by Gasteiger charge is -2.17. The van der Waals surface area contributed by atoms with E-state index < -0.39 is 0 Å². The number of Topliss-reactive ketones (excluding diaryl/α,β-unsaturated/α-hetero) is 1. The van der Waals surface area contributed by atoms with Crippen molar-refractivity contribution in [3.8, 4) is 5.88 Å². The van der Waals surface area contributed by atoms with Crippen molar-refractivity contribution in [2.24, 2.45) is 5.92 Å². The highest BCUT2D eigenvalue weighted by Gasteiger charge is 2.29. The zero-order chi connectivity index (χ0) is 17.1. The molecule has 2 aromatic heterocycles. The lowest BCUT2D eigenvalue weighted by atomic mass is 9.86. The number of aliphatic hydroxyl groups excluding tert-OH is 1. The van der Waals surface area contributed by atoms with Gasteiger partial charge in [0.2, 0.25) is 5.88 Å². The normalized spacial score (nSPS) is 16.6. The van der Waals surface area contributed by atoms with E-state index in [9.17, 15) is 9.59 Å². The van der Waals surface area contributed by atoms with Crippen molar-refractivity contribution >= 4 is 17.4 Å². The first-order chi connectivity index (χ1) is 11.6. The lowest BCUT2D eigenvalue weighted by Crippen LogP contribution is -2.21. The Morgan fingerprint density at radius 3 is 3.00 bits per heavy atom. The molecule has 1 aliphatic rings. The van der Waals surface area contributed by atoms with E-state index in [4.69, 9.17) is 9.84 Å². The monoisotopic (exact) mass is 329 g/mol. The van der Waals surface area contributed by atoms with Gasteiger partial charge in [0.05, 0.1) is 29.6 Å². The van der Waals surface area contributed by atoms with Gasteiger partial charge in [-0.25, -0.2) is 4.98 Å². The summed E-state index contributed by atoms with van der Waals surface area (Å²) in [6.07, 6.45) is 4.28. The van der Waals surface area contributed by atoms with E-state index in [1.807, 2.05) is 6.92 Å². The molecule has 3 N–H and O–H groups in total. The van der Waals surface area contributed by atoms with E-state index >= 15 is 0 Å². The summed E-state index contributed by atoms with van der Waals surface area (Å²) in [7, 11) is 0. The highest BCUT2D eigenvalue weighted by atomic mass is 16.5. The maximum Gasteiger partial charge on any atom is 0.257 e. The molecule has 0 radical (unpaired) electrons. The van der Waals surface area contributed by atoms with Crippen molar-refractivity contribution in [1.29, 1.82) is 0 Å². The molecule has 0 saturated carbocycles. The van der Waals surface area contributed by atoms with E-state index in [0.29, 0.717) is 29.1 Å². The first kappa shape index (κ1) is 16.2. The summed E-state index contributed by atoms with van der Waals surface area (Å²) in [5.74, 6) is 0.308. The SMILES string of the molecule is CC1CC(=O)c2c(C(=O)Nc3ccc(OCCO)nc3)c[nH]c2C1. The summed E-state index contributed by atoms with van der Waals surface area (Å²) < 4.78 is 5.16. The molecule has 0 aliphatic heterocycles. The number of pyridine rings is 1. The number of nitrogens with one attached hydrogen (secondary N) is 2. The van der Waals surface area contributed by atoms with Crippen LogP contribution in [0.3, 0.4) is 0 Å². The van der Waals surface area contributed by atoms with Crippen LogP contribution < -0.4 is 10.1 Å². The van der Waals surface area contributed by atoms with Gasteiger partial charge in [-0.1, -0.05) is 6.92 Å². The minimum atomic E-state index is -0.346. The molecule has 7 nitrogen and oxygen atoms in total. The first-order valence-electron chi connectivity index (χ1n) is 7.83. The number of aromatic nitrogens is 2. The van der Waals surface area contributed by atoms with E-state index in [0.717, 1.165) is 12.1 Å². The Bertz CT molecular complexity index is 752. The van der Waals surface area contributed by atoms with E-state index in [1.165, 1.54) is 6.20 Å². The van der Waals surface area contributed by atoms with Gasteiger partial charge >= 0.3 is 0 Å². The van der Waals surface area contributed by atoms with Crippen LogP contribution in [0.2, 0.25) is 0 Å². The van der Waals surface area contributed by atoms with Gasteiger partial charge in [0.25, 0.3) is 5.91 Å². The number of aromatic amines is 1. The Morgan fingerprint density at radius 1 is 1.46 bits per heavy atom. The number of rotatable bonds is 5. The summed E-state index contributed by atoms with van der Waals surface area (Å²) >= 11 is 0. The smallest absolute Gasteiger partial charge is 0.257 e. The Kier molecular flexibility index (Phi) is 4.61. The number of hydrogen-bond acceptors (Lipinski definition) is 5. The summed E-state index contributed by atoms with van der Waals surface area (Å²) in [5.41, 5.74) is 2.20. The van der Waals surface area contributed by atoms with Gasteiger partial charge in [0.15, 0.2) is 5.78 Å². The molecule has 0 bridgehead atoms. The second-order valence-corrected chi connectivity index (χ2v) is 5.90. The number of nitrogens with zero attached hydrogens (tertiary/aromatic N) is 1. The fraction of sp³-hybridized carbons (Fsp3) is 0.353. The van der Waals surface area contributed by atoms with Gasteiger partial charge in [-0.2, -0.15) is 0 Å². The van der Waals surface area contributed by atoms with Gasteiger partial charge in [-0.15, -0.1) is 0 Å². The molecule has 1 amide bonds. The molecule has 126 valence electrons. The number of hydrogen-bond donors (Lipinski definition) is 3. The van der Waals surface area contributed by atoms with Crippen molar-refractivity contribution in [3.05, 3.63) is 41.3 Å². The van der Waals surface area contributed by atoms with Crippen molar-refractivity contribution < 1.29 is 19.4 Å². The largest absolute Gasteiger partial charge is 0.475 e. The topological polar surface area (TPSA) is 104 Å². The number of aliphatic hydroxyl groups is 1. The predicted octanol–water partition coefficient (Wildman–Crippen LogP) is 1.80. The number of carbonyl (C=O) groups excluding carboxylic acids is 2. The van der Waals surface area contributed by atoms with E-state index in [2.05, 4.69) is 15.3 Å². The third-order valence-electron chi connectivity index (χ3n) is 3.91. The first-order valence-corrected chi connectivity index (χ1v) is 7.83. The maximum absolute atomic E-state index is 12.5. The van der Waals surface area contributed by atoms with Crippen LogP contribution in [0.5, 0.6) is 5.88 Å². The van der Waals surface area contributed by atoms with Crippen molar-refractivity contribution in [1.82, 2.24) is 9.97 Å². The molecule has 3 rings (SSSR count). The van der Waals surface area contributed by atoms with Crippen LogP contribution in [-0.4, -0.2) is 40.0 Å². The fourth-order valence-electron chi connectivity index (χ4n) is 2.85. The minimum absolute atomic E-state index is 0.000950. The van der Waals surface area contributed by atoms with Crippen LogP contribution >= 0.6 is 0 Å². The molecule has 1 unspecified atom stereocenters.